The molecule has 1 unspecified atom stereocenters. The molecule has 0 aliphatic carbocycles. The van der Waals surface area contributed by atoms with E-state index in [1.165, 1.54) is 11.1 Å². The Kier molecular flexibility index (Phi) is 3.40. The summed E-state index contributed by atoms with van der Waals surface area (Å²) in [6.45, 7) is 5.17. The maximum Gasteiger partial charge on any atom is 0.123 e. The molecular formula is C15H14BrClOS. The van der Waals surface area contributed by atoms with E-state index < -0.39 is 0 Å². The minimum absolute atomic E-state index is 0.0807. The van der Waals surface area contributed by atoms with Crippen LogP contribution in [0.5, 0.6) is 5.75 Å². The van der Waals surface area contributed by atoms with E-state index in [1.54, 1.807) is 11.3 Å². The van der Waals surface area contributed by atoms with Crippen molar-refractivity contribution in [2.45, 2.75) is 24.1 Å². The molecule has 3 rings (SSSR count). The highest BCUT2D eigenvalue weighted by Crippen LogP contribution is 2.44. The molecule has 19 heavy (non-hydrogen) atoms. The fourth-order valence-corrected chi connectivity index (χ4v) is 4.49. The van der Waals surface area contributed by atoms with Crippen LogP contribution in [0.2, 0.25) is 5.02 Å². The maximum atomic E-state index is 6.21. The van der Waals surface area contributed by atoms with Crippen molar-refractivity contribution in [2.75, 3.05) is 6.61 Å². The number of hydrogen-bond donors (Lipinski definition) is 0. The molecule has 0 saturated heterocycles. The number of halogens is 2. The van der Waals surface area contributed by atoms with Gasteiger partial charge in [0, 0.05) is 15.9 Å². The van der Waals surface area contributed by atoms with Gasteiger partial charge in [-0.25, -0.2) is 0 Å². The lowest BCUT2D eigenvalue weighted by Crippen LogP contribution is -2.18. The molecule has 1 aliphatic heterocycles. The number of fused-ring (bicyclic) bond motifs is 1. The zero-order chi connectivity index (χ0) is 13.6. The van der Waals surface area contributed by atoms with Gasteiger partial charge in [-0.05, 0) is 29.1 Å². The number of ether oxygens (including phenoxy) is 1. The van der Waals surface area contributed by atoms with Crippen LogP contribution in [0.4, 0.5) is 0 Å². The lowest BCUT2D eigenvalue weighted by Gasteiger charge is -2.17. The second-order valence-electron chi connectivity index (χ2n) is 5.42. The standard InChI is InChI=1S/C15H14BrClOS/c1-15(2)8-18-12-4-3-9(7-10(12)15)13(16)14-11(17)5-6-19-14/h3-7,13H,8H2,1-2H3. The predicted octanol–water partition coefficient (Wildman–Crippen LogP) is 5.56. The van der Waals surface area contributed by atoms with Gasteiger partial charge in [-0.2, -0.15) is 0 Å². The number of alkyl halides is 1. The van der Waals surface area contributed by atoms with E-state index in [2.05, 4.69) is 48.0 Å². The Hall–Kier alpha value is -0.510. The van der Waals surface area contributed by atoms with Gasteiger partial charge >= 0.3 is 0 Å². The summed E-state index contributed by atoms with van der Waals surface area (Å²) in [6, 6.07) is 8.35. The minimum atomic E-state index is 0.0807. The minimum Gasteiger partial charge on any atom is -0.492 e. The summed E-state index contributed by atoms with van der Waals surface area (Å²) in [5.74, 6) is 1.01. The molecule has 0 N–H and O–H groups in total. The Balaban J connectivity index is 2.02. The largest absolute Gasteiger partial charge is 0.492 e. The van der Waals surface area contributed by atoms with Gasteiger partial charge in [-0.15, -0.1) is 11.3 Å². The van der Waals surface area contributed by atoms with Crippen LogP contribution in [0.3, 0.4) is 0 Å². The Morgan fingerprint density at radius 2 is 2.16 bits per heavy atom. The first-order valence-electron chi connectivity index (χ1n) is 6.13. The van der Waals surface area contributed by atoms with Gasteiger partial charge in [-0.3, -0.25) is 0 Å². The van der Waals surface area contributed by atoms with E-state index in [0.29, 0.717) is 0 Å². The molecular weight excluding hydrogens is 344 g/mol. The van der Waals surface area contributed by atoms with Crippen molar-refractivity contribution in [1.82, 2.24) is 0 Å². The average Bonchev–Trinajstić information content (AvgIpc) is 2.93. The lowest BCUT2D eigenvalue weighted by molar-refractivity contribution is 0.291. The molecule has 1 aliphatic rings. The predicted molar refractivity (Wildman–Crippen MR) is 85.1 cm³/mol. The molecule has 0 fully saturated rings. The van der Waals surface area contributed by atoms with Crippen molar-refractivity contribution < 1.29 is 4.74 Å². The number of thiophene rings is 1. The molecule has 1 aromatic carbocycles. The Bertz CT molecular complexity index is 620. The Morgan fingerprint density at radius 3 is 2.84 bits per heavy atom. The summed E-state index contributed by atoms with van der Waals surface area (Å²) >= 11 is 11.6. The second-order valence-corrected chi connectivity index (χ2v) is 7.69. The molecule has 2 heterocycles. The number of hydrogen-bond acceptors (Lipinski definition) is 2. The highest BCUT2D eigenvalue weighted by molar-refractivity contribution is 9.09. The van der Waals surface area contributed by atoms with Crippen LogP contribution in [0.1, 0.15) is 34.7 Å². The van der Waals surface area contributed by atoms with Crippen molar-refractivity contribution in [3.63, 3.8) is 0 Å². The van der Waals surface area contributed by atoms with Gasteiger partial charge in [0.05, 0.1) is 16.5 Å². The van der Waals surface area contributed by atoms with Crippen LogP contribution in [-0.2, 0) is 5.41 Å². The van der Waals surface area contributed by atoms with Crippen LogP contribution in [-0.4, -0.2) is 6.61 Å². The average molecular weight is 358 g/mol. The highest BCUT2D eigenvalue weighted by atomic mass is 79.9. The maximum absolute atomic E-state index is 6.21. The lowest BCUT2D eigenvalue weighted by atomic mass is 9.86. The fraction of sp³-hybridized carbons (Fsp3) is 0.333. The number of rotatable bonds is 2. The Labute approximate surface area is 130 Å². The van der Waals surface area contributed by atoms with E-state index in [1.807, 2.05) is 11.4 Å². The molecule has 0 amide bonds. The van der Waals surface area contributed by atoms with Crippen LogP contribution in [0, 0.1) is 0 Å². The quantitative estimate of drug-likeness (QED) is 0.640. The molecule has 0 bridgehead atoms. The first kappa shape index (κ1) is 13.5. The SMILES string of the molecule is CC1(C)COc2ccc(C(Br)c3sccc3Cl)cc21. The van der Waals surface area contributed by atoms with Gasteiger partial charge in [0.15, 0.2) is 0 Å². The van der Waals surface area contributed by atoms with Crippen LogP contribution in [0.15, 0.2) is 29.6 Å². The molecule has 1 aromatic heterocycles. The third-order valence-corrected chi connectivity index (χ3v) is 6.20. The molecule has 4 heteroatoms. The summed E-state index contributed by atoms with van der Waals surface area (Å²) in [5.41, 5.74) is 2.58. The molecule has 0 spiro atoms. The molecule has 1 atom stereocenters. The fourth-order valence-electron chi connectivity index (χ4n) is 2.33. The third kappa shape index (κ3) is 2.32. The second kappa shape index (κ2) is 4.80. The van der Waals surface area contributed by atoms with Crippen molar-refractivity contribution in [3.05, 3.63) is 50.7 Å². The van der Waals surface area contributed by atoms with E-state index in [4.69, 9.17) is 16.3 Å². The van der Waals surface area contributed by atoms with Crippen LogP contribution >= 0.6 is 38.9 Å². The topological polar surface area (TPSA) is 9.23 Å². The zero-order valence-corrected chi connectivity index (χ0v) is 13.9. The number of benzene rings is 1. The van der Waals surface area contributed by atoms with E-state index in [9.17, 15) is 0 Å². The normalized spacial score (nSPS) is 17.9. The van der Waals surface area contributed by atoms with Gasteiger partial charge in [0.25, 0.3) is 0 Å². The van der Waals surface area contributed by atoms with Gasteiger partial charge < -0.3 is 4.74 Å². The first-order chi connectivity index (χ1) is 8.99. The summed E-state index contributed by atoms with van der Waals surface area (Å²) in [7, 11) is 0. The molecule has 2 aromatic rings. The summed E-state index contributed by atoms with van der Waals surface area (Å²) in [6.07, 6.45) is 0. The van der Waals surface area contributed by atoms with E-state index in [-0.39, 0.29) is 10.2 Å². The summed E-state index contributed by atoms with van der Waals surface area (Å²) < 4.78 is 5.72. The van der Waals surface area contributed by atoms with Crippen molar-refractivity contribution in [2.24, 2.45) is 0 Å². The first-order valence-corrected chi connectivity index (χ1v) is 8.30. The monoisotopic (exact) mass is 356 g/mol. The highest BCUT2D eigenvalue weighted by Gasteiger charge is 2.32. The van der Waals surface area contributed by atoms with Gasteiger partial charge in [-0.1, -0.05) is 47.4 Å². The molecule has 0 saturated carbocycles. The molecule has 100 valence electrons. The Morgan fingerprint density at radius 1 is 1.37 bits per heavy atom. The van der Waals surface area contributed by atoms with Crippen molar-refractivity contribution in [3.8, 4) is 5.75 Å². The van der Waals surface area contributed by atoms with E-state index in [0.717, 1.165) is 22.3 Å². The smallest absolute Gasteiger partial charge is 0.123 e. The van der Waals surface area contributed by atoms with Gasteiger partial charge in [0.2, 0.25) is 0 Å². The van der Waals surface area contributed by atoms with Crippen LogP contribution in [0.25, 0.3) is 0 Å². The zero-order valence-electron chi connectivity index (χ0n) is 10.7. The summed E-state index contributed by atoms with van der Waals surface area (Å²) in [5, 5.41) is 2.84. The van der Waals surface area contributed by atoms with E-state index >= 15 is 0 Å². The molecule has 0 radical (unpaired) electrons. The molecule has 1 nitrogen and oxygen atoms in total. The van der Waals surface area contributed by atoms with Gasteiger partial charge in [0.1, 0.15) is 5.75 Å². The van der Waals surface area contributed by atoms with Crippen molar-refractivity contribution >= 4 is 38.9 Å². The van der Waals surface area contributed by atoms with Crippen LogP contribution < -0.4 is 4.74 Å². The van der Waals surface area contributed by atoms with Crippen molar-refractivity contribution in [1.29, 1.82) is 0 Å². The summed E-state index contributed by atoms with van der Waals surface area (Å²) in [4.78, 5) is 1.29. The third-order valence-electron chi connectivity index (χ3n) is 3.49.